The minimum absolute atomic E-state index is 0. The van der Waals surface area contributed by atoms with Crippen LogP contribution in [0.5, 0.6) is 0 Å². The molecule has 0 aliphatic carbocycles. The van der Waals surface area contributed by atoms with Gasteiger partial charge in [0.1, 0.15) is 0 Å². The zero-order valence-electron chi connectivity index (χ0n) is 5.77. The first-order chi connectivity index (χ1) is 3.27. The molecule has 0 heterocycles. The summed E-state index contributed by atoms with van der Waals surface area (Å²) in [5, 5.41) is 8.21. The number of rotatable bonds is 3. The minimum Gasteiger partial charge on any atom is -0.587 e. The Morgan fingerprint density at radius 2 is 2.00 bits per heavy atom. The number of aliphatic hydroxyl groups excluding tert-OH is 1. The Kier molecular flexibility index (Phi) is 14.1. The maximum Gasteiger partial charge on any atom is 1.00 e. The van der Waals surface area contributed by atoms with Crippen molar-refractivity contribution >= 4 is 9.04 Å². The van der Waals surface area contributed by atoms with Gasteiger partial charge in [-0.05, 0) is 0 Å². The van der Waals surface area contributed by atoms with Crippen LogP contribution in [0, 0.1) is 0 Å². The molecule has 2 nitrogen and oxygen atoms in total. The average molecular weight is 205 g/mol. The van der Waals surface area contributed by atoms with E-state index in [0.29, 0.717) is 6.61 Å². The predicted molar refractivity (Wildman–Crippen MR) is 30.5 cm³/mol. The maximum atomic E-state index is 8.21. The van der Waals surface area contributed by atoms with Crippen LogP contribution in [0.15, 0.2) is 0 Å². The van der Waals surface area contributed by atoms with Crippen LogP contribution in [-0.2, 0) is 4.43 Å². The van der Waals surface area contributed by atoms with Gasteiger partial charge in [0, 0.05) is 6.61 Å². The fraction of sp³-hybridized carbons (Fsp3) is 1.00. The molecule has 0 aliphatic rings. The van der Waals surface area contributed by atoms with Gasteiger partial charge in [0.05, 0.1) is 6.61 Å². The van der Waals surface area contributed by atoms with Gasteiger partial charge < -0.3 is 9.53 Å². The van der Waals surface area contributed by atoms with E-state index in [4.69, 9.17) is 9.53 Å². The molecule has 0 aromatic heterocycles. The molecule has 0 bridgehead atoms. The SMILES string of the molecule is C[Si-](C)OCCO.[Rb+]. The number of hydrogen-bond donors (Lipinski definition) is 1. The molecule has 0 saturated carbocycles. The van der Waals surface area contributed by atoms with Crippen LogP contribution in [0.1, 0.15) is 0 Å². The van der Waals surface area contributed by atoms with E-state index in [1.165, 1.54) is 0 Å². The Morgan fingerprint density at radius 3 is 2.12 bits per heavy atom. The van der Waals surface area contributed by atoms with E-state index in [-0.39, 0.29) is 64.8 Å². The van der Waals surface area contributed by atoms with Gasteiger partial charge in [-0.1, -0.05) is 0 Å². The van der Waals surface area contributed by atoms with Crippen LogP contribution < -0.4 is 58.2 Å². The summed E-state index contributed by atoms with van der Waals surface area (Å²) >= 11 is 0. The standard InChI is InChI=1S/C4H11O2Si.Rb/c1-7(2)6-4-3-5;/h5H,3-4H2,1-2H3;/q-1;+1. The van der Waals surface area contributed by atoms with Gasteiger partial charge in [-0.15, -0.1) is 9.04 Å². The molecule has 0 saturated heterocycles. The van der Waals surface area contributed by atoms with Crippen molar-refractivity contribution in [2.24, 2.45) is 0 Å². The van der Waals surface area contributed by atoms with Crippen molar-refractivity contribution in [1.29, 1.82) is 0 Å². The Labute approximate surface area is 101 Å². The summed E-state index contributed by atoms with van der Waals surface area (Å²) in [6.45, 7) is 4.73. The van der Waals surface area contributed by atoms with Gasteiger partial charge in [0.2, 0.25) is 0 Å². The topological polar surface area (TPSA) is 29.5 Å². The predicted octanol–water partition coefficient (Wildman–Crippen LogP) is -2.75. The van der Waals surface area contributed by atoms with E-state index < -0.39 is 9.04 Å². The summed E-state index contributed by atoms with van der Waals surface area (Å²) in [6.07, 6.45) is 0. The Hall–Kier alpha value is 1.94. The van der Waals surface area contributed by atoms with Crippen molar-refractivity contribution in [3.63, 3.8) is 0 Å². The first-order valence-electron chi connectivity index (χ1n) is 2.31. The van der Waals surface area contributed by atoms with Gasteiger partial charge in [0.25, 0.3) is 0 Å². The molecular weight excluding hydrogens is 194 g/mol. The van der Waals surface area contributed by atoms with Crippen molar-refractivity contribution in [3.8, 4) is 0 Å². The fourth-order valence-electron chi connectivity index (χ4n) is 0.250. The van der Waals surface area contributed by atoms with Crippen LogP contribution >= 0.6 is 0 Å². The minimum atomic E-state index is -0.557. The quantitative estimate of drug-likeness (QED) is 0.506. The summed E-state index contributed by atoms with van der Waals surface area (Å²) in [6, 6.07) is 0. The van der Waals surface area contributed by atoms with E-state index in [1.807, 2.05) is 13.1 Å². The molecule has 4 heteroatoms. The van der Waals surface area contributed by atoms with Crippen LogP contribution in [0.4, 0.5) is 0 Å². The van der Waals surface area contributed by atoms with E-state index in [2.05, 4.69) is 0 Å². The van der Waals surface area contributed by atoms with Crippen LogP contribution in [0.3, 0.4) is 0 Å². The second-order valence-electron chi connectivity index (χ2n) is 1.48. The van der Waals surface area contributed by atoms with E-state index >= 15 is 0 Å². The van der Waals surface area contributed by atoms with Crippen molar-refractivity contribution in [2.45, 2.75) is 13.1 Å². The molecule has 0 fully saturated rings. The molecule has 1 N–H and O–H groups in total. The monoisotopic (exact) mass is 204 g/mol. The molecule has 0 atom stereocenters. The molecule has 44 valence electrons. The fourth-order valence-corrected chi connectivity index (χ4v) is 0.749. The molecule has 0 radical (unpaired) electrons. The summed E-state index contributed by atoms with van der Waals surface area (Å²) in [7, 11) is -0.557. The third-order valence-electron chi connectivity index (χ3n) is 0.482. The van der Waals surface area contributed by atoms with Crippen LogP contribution in [0.25, 0.3) is 0 Å². The largest absolute Gasteiger partial charge is 1.00 e. The van der Waals surface area contributed by atoms with E-state index in [1.54, 1.807) is 0 Å². The Balaban J connectivity index is 0. The first kappa shape index (κ1) is 12.6. The Morgan fingerprint density at radius 1 is 1.50 bits per heavy atom. The van der Waals surface area contributed by atoms with Gasteiger partial charge in [-0.25, -0.2) is 0 Å². The van der Waals surface area contributed by atoms with Gasteiger partial charge in [-0.3, -0.25) is 0 Å². The molecule has 0 unspecified atom stereocenters. The van der Waals surface area contributed by atoms with Crippen molar-refractivity contribution < 1.29 is 67.7 Å². The van der Waals surface area contributed by atoms with Gasteiger partial charge >= 0.3 is 58.2 Å². The zero-order valence-corrected chi connectivity index (χ0v) is 11.7. The van der Waals surface area contributed by atoms with Crippen molar-refractivity contribution in [3.05, 3.63) is 0 Å². The third kappa shape index (κ3) is 10.8. The summed E-state index contributed by atoms with van der Waals surface area (Å²) in [4.78, 5) is 0. The molecule has 0 aliphatic heterocycles. The maximum absolute atomic E-state index is 8.21. The molecule has 0 aromatic rings. The average Bonchev–Trinajstić information content (AvgIpc) is 1.61. The summed E-state index contributed by atoms with van der Waals surface area (Å²) in [5.74, 6) is 0. The van der Waals surface area contributed by atoms with Crippen LogP contribution in [0.2, 0.25) is 13.1 Å². The summed E-state index contributed by atoms with van der Waals surface area (Å²) in [5.41, 5.74) is 0. The first-order valence-corrected chi connectivity index (χ1v) is 4.72. The molecular formula is C4H11O2RbSi. The smallest absolute Gasteiger partial charge is 0.587 e. The molecule has 0 amide bonds. The van der Waals surface area contributed by atoms with E-state index in [9.17, 15) is 0 Å². The second kappa shape index (κ2) is 8.94. The number of hydrogen-bond acceptors (Lipinski definition) is 2. The molecule has 8 heavy (non-hydrogen) atoms. The van der Waals surface area contributed by atoms with Gasteiger partial charge in [0.15, 0.2) is 0 Å². The van der Waals surface area contributed by atoms with Crippen LogP contribution in [-0.4, -0.2) is 27.4 Å². The van der Waals surface area contributed by atoms with Crippen molar-refractivity contribution in [1.82, 2.24) is 0 Å². The molecule has 0 rings (SSSR count). The van der Waals surface area contributed by atoms with Gasteiger partial charge in [-0.2, -0.15) is 13.1 Å². The third-order valence-corrected chi connectivity index (χ3v) is 1.26. The Bertz CT molecular complexity index is 43.0. The number of aliphatic hydroxyl groups is 1. The summed E-state index contributed by atoms with van der Waals surface area (Å²) < 4.78 is 5.04. The van der Waals surface area contributed by atoms with E-state index in [0.717, 1.165) is 0 Å². The normalized spacial score (nSPS) is 9.00. The zero-order chi connectivity index (χ0) is 5.70. The molecule has 0 aromatic carbocycles. The second-order valence-corrected chi connectivity index (χ2v) is 3.59. The van der Waals surface area contributed by atoms with Crippen molar-refractivity contribution in [2.75, 3.05) is 13.2 Å². The molecule has 0 spiro atoms.